The number of anilines is 1. The number of aliphatic hydroxyl groups is 2. The fraction of sp³-hybridized carbons (Fsp3) is 0.520. The van der Waals surface area contributed by atoms with Crippen LogP contribution in [-0.4, -0.2) is 172 Å². The van der Waals surface area contributed by atoms with Crippen LogP contribution in [0.4, 0.5) is 5.69 Å². The fourth-order valence-corrected chi connectivity index (χ4v) is 9.43. The van der Waals surface area contributed by atoms with Crippen LogP contribution in [0.5, 0.6) is 5.75 Å². The third-order valence-electron chi connectivity index (χ3n) is 13.4. The number of phenolic OH excluding ortho intramolecular Hbond substituents is 1. The van der Waals surface area contributed by atoms with Crippen LogP contribution in [-0.2, 0) is 54.5 Å². The number of rotatable bonds is 15. The first kappa shape index (κ1) is 59.6. The lowest BCUT2D eigenvalue weighted by atomic mass is 9.94. The average Bonchev–Trinajstić information content (AvgIpc) is 4.03. The van der Waals surface area contributed by atoms with Gasteiger partial charge < -0.3 is 78.4 Å². The molecule has 2 fully saturated rings. The summed E-state index contributed by atoms with van der Waals surface area (Å²) >= 11 is 1.12. The van der Waals surface area contributed by atoms with Crippen molar-refractivity contribution in [3.63, 3.8) is 0 Å². The van der Waals surface area contributed by atoms with E-state index in [1.54, 1.807) is 58.2 Å². The number of nitrogens with zero attached hydrogens (tertiary/aromatic N) is 1. The van der Waals surface area contributed by atoms with Crippen molar-refractivity contribution in [2.45, 2.75) is 114 Å². The summed E-state index contributed by atoms with van der Waals surface area (Å²) in [4.78, 5) is 141. The van der Waals surface area contributed by atoms with Crippen molar-refractivity contribution in [2.24, 2.45) is 11.8 Å². The first-order chi connectivity index (χ1) is 36.1. The number of hydrogen-bond acceptors (Lipinski definition) is 15. The molecule has 2 saturated heterocycles. The van der Waals surface area contributed by atoms with Crippen LogP contribution in [0.15, 0.2) is 47.5 Å². The van der Waals surface area contributed by atoms with E-state index in [1.807, 2.05) is 6.92 Å². The van der Waals surface area contributed by atoms with Crippen molar-refractivity contribution in [3.8, 4) is 5.75 Å². The van der Waals surface area contributed by atoms with Gasteiger partial charge >= 0.3 is 0 Å². The van der Waals surface area contributed by atoms with Crippen LogP contribution in [0.1, 0.15) is 64.5 Å². The highest BCUT2D eigenvalue weighted by Crippen LogP contribution is 2.31. The molecule has 26 heteroatoms. The molecule has 3 aromatic rings. The zero-order valence-electron chi connectivity index (χ0n) is 43.3. The topological polar surface area (TPSA) is 371 Å². The van der Waals surface area contributed by atoms with Crippen LogP contribution in [0.3, 0.4) is 0 Å². The molecule has 76 heavy (non-hydrogen) atoms. The number of nitrogens with one attached hydrogen (secondary N) is 11. The van der Waals surface area contributed by atoms with Gasteiger partial charge in [-0.1, -0.05) is 39.3 Å². The number of aliphatic hydroxyl groups excluding tert-OH is 2. The Balaban J connectivity index is 1.49. The van der Waals surface area contributed by atoms with Crippen LogP contribution in [0, 0.1) is 18.8 Å². The molecule has 2 aliphatic heterocycles. The Kier molecular flexibility index (Phi) is 22.0. The number of aromatic hydroxyl groups is 1. The maximum atomic E-state index is 14.8. The van der Waals surface area contributed by atoms with Crippen molar-refractivity contribution in [1.29, 1.82) is 0 Å². The van der Waals surface area contributed by atoms with Gasteiger partial charge in [-0.3, -0.25) is 47.9 Å². The minimum absolute atomic E-state index is 0.00382. The molecule has 0 bridgehead atoms. The summed E-state index contributed by atoms with van der Waals surface area (Å²) in [7, 11) is 1.65. The van der Waals surface area contributed by atoms with Crippen molar-refractivity contribution >= 4 is 87.4 Å². The minimum atomic E-state index is -1.67. The number of carbonyl (C=O) groups is 10. The smallest absolute Gasteiger partial charge is 0.246 e. The van der Waals surface area contributed by atoms with Gasteiger partial charge in [0.15, 0.2) is 0 Å². The predicted octanol–water partition coefficient (Wildman–Crippen LogP) is -2.15. The largest absolute Gasteiger partial charge is 0.508 e. The number of likely N-dealkylation sites (N-methyl/N-ethyl adjacent to an activating group) is 1. The summed E-state index contributed by atoms with van der Waals surface area (Å²) in [6, 6.07) is 3.70. The number of aromatic nitrogens is 1. The Morgan fingerprint density at radius 1 is 0.803 bits per heavy atom. The number of aryl methyl sites for hydroxylation is 1. The molecule has 25 nitrogen and oxygen atoms in total. The summed E-state index contributed by atoms with van der Waals surface area (Å²) in [6.07, 6.45) is -1.49. The van der Waals surface area contributed by atoms with E-state index >= 15 is 0 Å². The lowest BCUT2D eigenvalue weighted by Crippen LogP contribution is -2.60. The van der Waals surface area contributed by atoms with Gasteiger partial charge in [0.1, 0.15) is 36.0 Å². The maximum Gasteiger partial charge on any atom is 0.246 e. The number of carbonyl (C=O) groups excluding carboxylic acids is 10. The first-order valence-corrected chi connectivity index (χ1v) is 26.0. The van der Waals surface area contributed by atoms with Crippen molar-refractivity contribution < 1.29 is 63.3 Å². The average molecular weight is 1080 g/mol. The van der Waals surface area contributed by atoms with E-state index < -0.39 is 140 Å². The van der Waals surface area contributed by atoms with Crippen molar-refractivity contribution in [3.05, 3.63) is 53.6 Å². The summed E-state index contributed by atoms with van der Waals surface area (Å²) in [5, 5.41) is 57.8. The van der Waals surface area contributed by atoms with E-state index in [2.05, 4.69) is 58.2 Å². The van der Waals surface area contributed by atoms with E-state index in [1.165, 1.54) is 19.1 Å². The number of benzene rings is 2. The predicted molar refractivity (Wildman–Crippen MR) is 279 cm³/mol. The molecule has 0 saturated carbocycles. The quantitative estimate of drug-likeness (QED) is 0.0722. The lowest BCUT2D eigenvalue weighted by Gasteiger charge is -2.32. The molecule has 0 aliphatic carbocycles. The van der Waals surface area contributed by atoms with Gasteiger partial charge in [0.05, 0.1) is 55.4 Å². The molecule has 2 aliphatic rings. The summed E-state index contributed by atoms with van der Waals surface area (Å²) in [5.74, 6) is -9.65. The lowest BCUT2D eigenvalue weighted by molar-refractivity contribution is -0.144. The molecule has 9 atom stereocenters. The Hall–Kier alpha value is -7.29. The SMILES string of the molecule is CCC(C)C1NC(=O)CNC(=O)CNC(=O)C([C@@H](C)C(O)CO)NC(=O)C2CCCN2C(=O)C(CC(=O)NCc2ccc(NC(=O)C(C)NC)cc2)NC(=O)[C@H](CSc2[nH]c3cc(O)ccc3c2C)NC(=O)CNC1=O. The van der Waals surface area contributed by atoms with Crippen molar-refractivity contribution in [2.75, 3.05) is 50.9 Å². The van der Waals surface area contributed by atoms with Gasteiger partial charge in [-0.2, -0.15) is 0 Å². The number of fused-ring (bicyclic) bond motifs is 2. The zero-order valence-corrected chi connectivity index (χ0v) is 44.1. The second-order valence-corrected chi connectivity index (χ2v) is 19.9. The molecule has 414 valence electrons. The Bertz CT molecular complexity index is 2620. The van der Waals surface area contributed by atoms with Crippen LogP contribution >= 0.6 is 11.8 Å². The summed E-state index contributed by atoms with van der Waals surface area (Å²) in [6.45, 7) is 5.42. The van der Waals surface area contributed by atoms with Gasteiger partial charge in [-0.05, 0) is 75.0 Å². The molecular formula is C50H70N12O13S. The second-order valence-electron chi connectivity index (χ2n) is 18.9. The molecule has 3 heterocycles. The first-order valence-electron chi connectivity index (χ1n) is 25.0. The molecule has 14 N–H and O–H groups in total. The fourth-order valence-electron chi connectivity index (χ4n) is 8.36. The molecular weight excluding hydrogens is 1010 g/mol. The van der Waals surface area contributed by atoms with Crippen LogP contribution < -0.4 is 53.2 Å². The van der Waals surface area contributed by atoms with Crippen molar-refractivity contribution in [1.82, 2.24) is 57.7 Å². The standard InChI is InChI=1S/C50H70N12O13S/c1-7-25(2)42-47(73)55-22-40(68)57-35(24-76-49-26(3)32-15-14-31(64)17-33(32)59-49)45(71)58-34(18-38(66)52-19-29-10-12-30(13-11-29)56-44(70)28(5)51-6)50(75)62-16-8-9-36(62)46(72)61-43(27(4)37(65)23-63)48(74)54-20-39(67)53-21-41(69)60-42/h10-15,17,25,27-28,34-37,42-43,51,59,63-65H,7-9,16,18-24H2,1-6H3,(H,52,66)(H,53,67)(H,54,74)(H,55,73)(H,56,70)(H,57,68)(H,58,71)(H,60,69)(H,61,72)/t25?,27-,28?,34?,35-,36?,37?,42?,43?/m0/s1. The molecule has 0 radical (unpaired) electrons. The zero-order chi connectivity index (χ0) is 55.8. The highest BCUT2D eigenvalue weighted by atomic mass is 32.2. The van der Waals surface area contributed by atoms with Gasteiger partial charge in [0.2, 0.25) is 59.1 Å². The third kappa shape index (κ3) is 16.4. The third-order valence-corrected chi connectivity index (χ3v) is 14.6. The van der Waals surface area contributed by atoms with Crippen LogP contribution in [0.25, 0.3) is 10.9 Å². The molecule has 5 rings (SSSR count). The van der Waals surface area contributed by atoms with E-state index in [0.717, 1.165) is 27.6 Å². The van der Waals surface area contributed by atoms with Gasteiger partial charge in [-0.15, -0.1) is 11.8 Å². The maximum absolute atomic E-state index is 14.8. The number of hydrogen-bond donors (Lipinski definition) is 14. The normalized spacial score (nSPS) is 22.5. The minimum Gasteiger partial charge on any atom is -0.508 e. The highest BCUT2D eigenvalue weighted by molar-refractivity contribution is 7.99. The molecule has 2 aromatic carbocycles. The number of aromatic amines is 1. The van der Waals surface area contributed by atoms with E-state index in [4.69, 9.17) is 0 Å². The van der Waals surface area contributed by atoms with E-state index in [-0.39, 0.29) is 43.3 Å². The molecule has 10 amide bonds. The second kappa shape index (κ2) is 28.0. The van der Waals surface area contributed by atoms with Crippen LogP contribution in [0.2, 0.25) is 0 Å². The van der Waals surface area contributed by atoms with E-state index in [0.29, 0.717) is 28.2 Å². The molecule has 7 unspecified atom stereocenters. The van der Waals surface area contributed by atoms with Gasteiger partial charge in [0.25, 0.3) is 0 Å². The molecule has 1 aromatic heterocycles. The van der Waals surface area contributed by atoms with Gasteiger partial charge in [0, 0.05) is 41.9 Å². The number of thioether (sulfide) groups is 1. The van der Waals surface area contributed by atoms with E-state index in [9.17, 15) is 63.3 Å². The molecule has 0 spiro atoms. The van der Waals surface area contributed by atoms with Gasteiger partial charge in [-0.25, -0.2) is 0 Å². The Morgan fingerprint density at radius 3 is 2.13 bits per heavy atom. The monoisotopic (exact) mass is 1080 g/mol. The highest BCUT2D eigenvalue weighted by Gasteiger charge is 2.42. The Morgan fingerprint density at radius 2 is 1.46 bits per heavy atom. The number of phenols is 1. The number of H-pyrrole nitrogens is 1. The summed E-state index contributed by atoms with van der Waals surface area (Å²) < 4.78 is 0. The number of amides is 10. The summed E-state index contributed by atoms with van der Waals surface area (Å²) in [5.41, 5.74) is 2.46. The Labute approximate surface area is 443 Å².